The molecule has 16 nitrogen and oxygen atoms in total. The second kappa shape index (κ2) is 19.3. The summed E-state index contributed by atoms with van der Waals surface area (Å²) in [5.41, 5.74) is 10.2. The van der Waals surface area contributed by atoms with Gasteiger partial charge < -0.3 is 34.4 Å². The maximum absolute atomic E-state index is 14.7. The third-order valence-corrected chi connectivity index (χ3v) is 12.9. The number of hydrogen-bond acceptors (Lipinski definition) is 11. The number of cyclic esters (lactones) is 1. The van der Waals surface area contributed by atoms with Gasteiger partial charge >= 0.3 is 5.97 Å². The summed E-state index contributed by atoms with van der Waals surface area (Å²) in [7, 11) is 4.52. The predicted octanol–water partition coefficient (Wildman–Crippen LogP) is 4.49. The van der Waals surface area contributed by atoms with Gasteiger partial charge in [-0.1, -0.05) is 46.8 Å². The van der Waals surface area contributed by atoms with Crippen LogP contribution in [0, 0.1) is 11.3 Å². The van der Waals surface area contributed by atoms with Crippen LogP contribution in [-0.2, 0) is 59.4 Å². The first kappa shape index (κ1) is 47.1. The number of aromatic nitrogens is 2. The Bertz CT molecular complexity index is 2470. The Morgan fingerprint density at radius 2 is 1.85 bits per heavy atom. The molecule has 2 aromatic carbocycles. The van der Waals surface area contributed by atoms with Crippen LogP contribution in [0.4, 0.5) is 0 Å². The van der Waals surface area contributed by atoms with E-state index in [1.54, 1.807) is 26.0 Å². The van der Waals surface area contributed by atoms with Gasteiger partial charge in [-0.25, -0.2) is 5.43 Å². The Morgan fingerprint density at radius 3 is 2.54 bits per heavy atom. The molecule has 6 bridgehead atoms. The Balaban J connectivity index is 1.27. The third kappa shape index (κ3) is 10.0. The number of aryl methyl sites for hydroxylation is 2. The summed E-state index contributed by atoms with van der Waals surface area (Å²) in [5.74, 6) is -2.65. The van der Waals surface area contributed by atoms with Crippen LogP contribution in [0.2, 0.25) is 0 Å². The summed E-state index contributed by atoms with van der Waals surface area (Å²) in [4.78, 5) is 81.9. The number of hydroxylamine groups is 2. The average molecular weight is 893 g/mol. The Kier molecular flexibility index (Phi) is 14.0. The summed E-state index contributed by atoms with van der Waals surface area (Å²) < 4.78 is 8.40. The number of nitrogens with one attached hydrogen (secondary N) is 2. The predicted molar refractivity (Wildman–Crippen MR) is 246 cm³/mol. The van der Waals surface area contributed by atoms with Crippen molar-refractivity contribution in [3.8, 4) is 28.1 Å². The normalized spacial score (nSPS) is 21.4. The van der Waals surface area contributed by atoms with Gasteiger partial charge in [0.1, 0.15) is 29.9 Å². The Labute approximate surface area is 381 Å². The van der Waals surface area contributed by atoms with Crippen molar-refractivity contribution in [1.29, 1.82) is 0 Å². The zero-order valence-corrected chi connectivity index (χ0v) is 39.1. The molecule has 5 atom stereocenters. The number of aromatic hydroxyl groups is 1. The molecule has 1 unspecified atom stereocenters. The molecule has 3 aliphatic rings. The van der Waals surface area contributed by atoms with Gasteiger partial charge in [0, 0.05) is 67.9 Å². The van der Waals surface area contributed by atoms with Gasteiger partial charge in [0.15, 0.2) is 0 Å². The highest BCUT2D eigenvalue weighted by molar-refractivity contribution is 5.96. The third-order valence-electron chi connectivity index (χ3n) is 12.9. The minimum atomic E-state index is -1.18. The van der Waals surface area contributed by atoms with Crippen LogP contribution in [0.3, 0.4) is 0 Å². The van der Waals surface area contributed by atoms with E-state index in [4.69, 9.17) is 9.57 Å². The van der Waals surface area contributed by atoms with Crippen molar-refractivity contribution in [3.05, 3.63) is 71.5 Å². The number of carbonyl (C=O) groups is 5. The highest BCUT2D eigenvalue weighted by Crippen LogP contribution is 2.41. The lowest BCUT2D eigenvalue weighted by Crippen LogP contribution is -2.62. The molecule has 3 N–H and O–H groups in total. The van der Waals surface area contributed by atoms with Crippen molar-refractivity contribution in [3.63, 3.8) is 0 Å². The van der Waals surface area contributed by atoms with Gasteiger partial charge in [0.25, 0.3) is 5.91 Å². The topological polar surface area (TPSA) is 179 Å². The molecule has 16 heteroatoms. The van der Waals surface area contributed by atoms with E-state index < -0.39 is 53.3 Å². The van der Waals surface area contributed by atoms with Crippen LogP contribution in [0.1, 0.15) is 71.1 Å². The molecular weight excluding hydrogens is 829 g/mol. The maximum Gasteiger partial charge on any atom is 0.324 e. The first-order chi connectivity index (χ1) is 30.9. The second-order valence-corrected chi connectivity index (χ2v) is 18.8. The number of esters is 1. The van der Waals surface area contributed by atoms with Crippen LogP contribution in [0.15, 0.2) is 54.9 Å². The van der Waals surface area contributed by atoms with Crippen molar-refractivity contribution >= 4 is 40.5 Å². The second-order valence-electron chi connectivity index (χ2n) is 18.8. The van der Waals surface area contributed by atoms with Crippen molar-refractivity contribution in [2.45, 2.75) is 104 Å². The summed E-state index contributed by atoms with van der Waals surface area (Å²) in [6, 6.07) is 10.1. The van der Waals surface area contributed by atoms with E-state index in [1.165, 1.54) is 46.6 Å². The molecular formula is C49H64N8O8. The van der Waals surface area contributed by atoms with E-state index in [1.807, 2.05) is 24.5 Å². The van der Waals surface area contributed by atoms with E-state index in [2.05, 4.69) is 66.2 Å². The van der Waals surface area contributed by atoms with Gasteiger partial charge in [0.2, 0.25) is 17.7 Å². The minimum absolute atomic E-state index is 0.0107. The average Bonchev–Trinajstić information content (AvgIpc) is 4.02. The van der Waals surface area contributed by atoms with Crippen LogP contribution >= 0.6 is 0 Å². The van der Waals surface area contributed by atoms with Gasteiger partial charge in [-0.2, -0.15) is 5.06 Å². The molecule has 0 radical (unpaired) electrons. The number of hydrazine groups is 1. The summed E-state index contributed by atoms with van der Waals surface area (Å²) in [6.45, 7) is 13.3. The maximum atomic E-state index is 14.7. The largest absolute Gasteiger partial charge is 0.508 e. The zero-order valence-electron chi connectivity index (χ0n) is 39.1. The fourth-order valence-corrected chi connectivity index (χ4v) is 9.47. The number of phenols is 1. The number of fused-ring (bicyclic) bond motifs is 6. The first-order valence-corrected chi connectivity index (χ1v) is 22.7. The van der Waals surface area contributed by atoms with E-state index in [-0.39, 0.29) is 43.7 Å². The molecule has 65 heavy (non-hydrogen) atoms. The SMILES string of the molecule is CCc1ccncc1-c1c2c3cc(ccc3n1CC)-c1cc(O)cc(c1)C[C@H](NC(=O)[C@H](C(C)C)N(C)C(=O)CN(C)C(=O)[C@H]1CN1OC)C(=O)N1CCC[C@H](N1)C(=O)OCC(C)(C)C2. The number of rotatable bonds is 11. The summed E-state index contributed by atoms with van der Waals surface area (Å²) >= 11 is 0. The molecule has 0 saturated carbocycles. The van der Waals surface area contributed by atoms with E-state index in [9.17, 15) is 29.1 Å². The van der Waals surface area contributed by atoms with Crippen molar-refractivity contribution in [2.75, 3.05) is 47.4 Å². The molecule has 348 valence electrons. The molecule has 2 aromatic heterocycles. The molecule has 0 aliphatic carbocycles. The van der Waals surface area contributed by atoms with Gasteiger partial charge in [-0.15, -0.1) is 0 Å². The molecule has 2 fully saturated rings. The van der Waals surface area contributed by atoms with Crippen LogP contribution in [0.5, 0.6) is 5.75 Å². The van der Waals surface area contributed by atoms with Gasteiger partial charge in [-0.3, -0.25) is 34.0 Å². The molecule has 5 heterocycles. The number of amides is 4. The van der Waals surface area contributed by atoms with E-state index in [0.717, 1.165) is 45.3 Å². The van der Waals surface area contributed by atoms with Crippen LogP contribution in [0.25, 0.3) is 33.3 Å². The fourth-order valence-electron chi connectivity index (χ4n) is 9.47. The van der Waals surface area contributed by atoms with Crippen molar-refractivity contribution < 1.29 is 38.7 Å². The molecule has 4 amide bonds. The van der Waals surface area contributed by atoms with E-state index >= 15 is 0 Å². The molecule has 0 spiro atoms. The van der Waals surface area contributed by atoms with Crippen molar-refractivity contribution in [1.82, 2.24) is 40.2 Å². The summed E-state index contributed by atoms with van der Waals surface area (Å²) in [6.07, 6.45) is 6.08. The molecule has 3 aliphatic heterocycles. The first-order valence-electron chi connectivity index (χ1n) is 22.7. The van der Waals surface area contributed by atoms with Gasteiger partial charge in [0.05, 0.1) is 32.5 Å². The number of phenolic OH excluding ortho intramolecular Hbond substituents is 1. The monoisotopic (exact) mass is 892 g/mol. The quantitative estimate of drug-likeness (QED) is 0.143. The molecule has 4 aromatic rings. The highest BCUT2D eigenvalue weighted by atomic mass is 16.7. The molecule has 2 saturated heterocycles. The lowest BCUT2D eigenvalue weighted by molar-refractivity contribution is -0.155. The Morgan fingerprint density at radius 1 is 1.08 bits per heavy atom. The lowest BCUT2D eigenvalue weighted by atomic mass is 9.84. The summed E-state index contributed by atoms with van der Waals surface area (Å²) in [5, 5.41) is 18.2. The number of likely N-dealkylation sites (N-methyl/N-ethyl adjacent to an activating group) is 2. The minimum Gasteiger partial charge on any atom is -0.508 e. The number of ether oxygens (including phenoxy) is 1. The standard InChI is InChI=1S/C49H64N8O8/c1-10-31-16-17-50-25-37(31)44-36-24-49(5,6)28-65-48(63)38-13-12-18-56(52-38)46(61)39(21-30-19-33(22-34(58)20-30)32-14-15-40(35(36)23-32)55(44)11-2)51-45(60)43(29(3)4)54(8)42(59)27-53(7)47(62)41-26-57(41)64-9/h14-17,19-20,22-23,25,29,38-39,41,43,52,58H,10-13,18,21,24,26-28H2,1-9H3,(H,51,60)/t38-,39-,41+,43-,57?/m0/s1. The highest BCUT2D eigenvalue weighted by Gasteiger charge is 2.44. The van der Waals surface area contributed by atoms with Crippen LogP contribution < -0.4 is 10.7 Å². The number of pyridine rings is 1. The fraction of sp³-hybridized carbons (Fsp3) is 0.510. The van der Waals surface area contributed by atoms with Crippen LogP contribution in [-0.4, -0.2) is 136 Å². The van der Waals surface area contributed by atoms with Gasteiger partial charge in [-0.05, 0) is 96.7 Å². The number of carbonyl (C=O) groups excluding carboxylic acids is 5. The smallest absolute Gasteiger partial charge is 0.324 e. The number of hydrogen-bond donors (Lipinski definition) is 3. The number of benzene rings is 2. The molecule has 7 rings (SSSR count). The lowest BCUT2D eigenvalue weighted by Gasteiger charge is -2.37. The Hall–Kier alpha value is -5.84. The zero-order chi connectivity index (χ0) is 46.9. The van der Waals surface area contributed by atoms with Crippen molar-refractivity contribution in [2.24, 2.45) is 11.3 Å². The van der Waals surface area contributed by atoms with E-state index in [0.29, 0.717) is 37.9 Å². The number of nitrogens with zero attached hydrogens (tertiary/aromatic N) is 6.